The van der Waals surface area contributed by atoms with E-state index in [9.17, 15) is 4.79 Å². The van der Waals surface area contributed by atoms with Crippen LogP contribution in [0, 0.1) is 0 Å². The average Bonchev–Trinajstić information content (AvgIpc) is 3.32. The highest BCUT2D eigenvalue weighted by Crippen LogP contribution is 2.39. The van der Waals surface area contributed by atoms with Crippen molar-refractivity contribution in [2.24, 2.45) is 0 Å². The van der Waals surface area contributed by atoms with Gasteiger partial charge in [-0.3, -0.25) is 5.10 Å². The van der Waals surface area contributed by atoms with E-state index in [4.69, 9.17) is 15.5 Å². The first kappa shape index (κ1) is 20.6. The molecule has 4 N–H and O–H groups in total. The molecule has 0 aromatic carbocycles. The number of anilines is 1. The number of amides is 1. The van der Waals surface area contributed by atoms with Crippen LogP contribution in [0.2, 0.25) is 0 Å². The third-order valence-corrected chi connectivity index (χ3v) is 6.05. The standard InChI is InChI=1S/C20H26BrN7O2/c1-20(2,3)30-19(29)26-13-6-4-5-11(7-13)16-15(21)17(22)28-18(27-16)14(10-25-28)12-8-23-24-9-12/h8-11,13H,4-7,22H2,1-3H3,(H,23,24)(H,26,29)/t11-,13+/m0/s1. The number of carbonyl (C=O) groups is 1. The fraction of sp³-hybridized carbons (Fsp3) is 0.500. The maximum absolute atomic E-state index is 12.2. The second kappa shape index (κ2) is 7.90. The van der Waals surface area contributed by atoms with Gasteiger partial charge in [0.1, 0.15) is 11.4 Å². The number of nitrogen functional groups attached to an aromatic ring is 1. The van der Waals surface area contributed by atoms with E-state index in [-0.39, 0.29) is 18.1 Å². The lowest BCUT2D eigenvalue weighted by molar-refractivity contribution is 0.0490. The summed E-state index contributed by atoms with van der Waals surface area (Å²) in [6.07, 6.45) is 8.55. The van der Waals surface area contributed by atoms with E-state index < -0.39 is 5.60 Å². The lowest BCUT2D eigenvalue weighted by Crippen LogP contribution is -2.41. The van der Waals surface area contributed by atoms with Gasteiger partial charge in [-0.05, 0) is 56.0 Å². The van der Waals surface area contributed by atoms with Crippen LogP contribution >= 0.6 is 15.9 Å². The topological polar surface area (TPSA) is 123 Å². The van der Waals surface area contributed by atoms with Gasteiger partial charge in [-0.15, -0.1) is 0 Å². The fourth-order valence-electron chi connectivity index (χ4n) is 3.93. The number of nitrogens with two attached hydrogens (primary N) is 1. The quantitative estimate of drug-likeness (QED) is 0.525. The summed E-state index contributed by atoms with van der Waals surface area (Å²) >= 11 is 3.63. The highest BCUT2D eigenvalue weighted by Gasteiger charge is 2.30. The number of rotatable bonds is 3. The van der Waals surface area contributed by atoms with E-state index in [1.165, 1.54) is 0 Å². The van der Waals surface area contributed by atoms with Gasteiger partial charge in [0, 0.05) is 29.3 Å². The van der Waals surface area contributed by atoms with Gasteiger partial charge < -0.3 is 15.8 Å². The van der Waals surface area contributed by atoms with Crippen molar-refractivity contribution < 1.29 is 9.53 Å². The Hall–Kier alpha value is -2.62. The zero-order chi connectivity index (χ0) is 21.5. The molecule has 0 radical (unpaired) electrons. The summed E-state index contributed by atoms with van der Waals surface area (Å²) < 4.78 is 7.80. The average molecular weight is 476 g/mol. The molecule has 0 saturated heterocycles. The first-order chi connectivity index (χ1) is 14.2. The number of aromatic amines is 1. The summed E-state index contributed by atoms with van der Waals surface area (Å²) in [5, 5.41) is 14.2. The number of hydrogen-bond acceptors (Lipinski definition) is 6. The number of carbonyl (C=O) groups excluding carboxylic acids is 1. The van der Waals surface area contributed by atoms with E-state index in [2.05, 4.69) is 36.5 Å². The Kier molecular flexibility index (Phi) is 5.44. The molecule has 1 aliphatic carbocycles. The molecule has 9 nitrogen and oxygen atoms in total. The van der Waals surface area contributed by atoms with Crippen molar-refractivity contribution >= 4 is 33.5 Å². The summed E-state index contributed by atoms with van der Waals surface area (Å²) in [6.45, 7) is 5.58. The summed E-state index contributed by atoms with van der Waals surface area (Å²) in [6, 6.07) is 0.0306. The molecule has 1 aliphatic rings. The molecule has 0 spiro atoms. The maximum Gasteiger partial charge on any atom is 0.407 e. The van der Waals surface area contributed by atoms with Gasteiger partial charge in [0.05, 0.1) is 22.6 Å². The first-order valence-electron chi connectivity index (χ1n) is 10.0. The van der Waals surface area contributed by atoms with Crippen molar-refractivity contribution in [2.75, 3.05) is 5.73 Å². The summed E-state index contributed by atoms with van der Waals surface area (Å²) in [7, 11) is 0. The second-order valence-electron chi connectivity index (χ2n) is 8.68. The van der Waals surface area contributed by atoms with Crippen molar-refractivity contribution in [2.45, 2.75) is 64.0 Å². The number of ether oxygens (including phenoxy) is 1. The molecule has 160 valence electrons. The Morgan fingerprint density at radius 2 is 2.17 bits per heavy atom. The number of alkyl carbamates (subject to hydrolysis) is 1. The van der Waals surface area contributed by atoms with Crippen LogP contribution in [0.5, 0.6) is 0 Å². The van der Waals surface area contributed by atoms with Gasteiger partial charge in [-0.1, -0.05) is 6.42 Å². The van der Waals surface area contributed by atoms with Crippen molar-refractivity contribution in [1.82, 2.24) is 30.1 Å². The number of nitrogens with zero attached hydrogens (tertiary/aromatic N) is 4. The van der Waals surface area contributed by atoms with Crippen LogP contribution in [-0.2, 0) is 4.74 Å². The molecule has 0 unspecified atom stereocenters. The molecular weight excluding hydrogens is 450 g/mol. The highest BCUT2D eigenvalue weighted by molar-refractivity contribution is 9.10. The highest BCUT2D eigenvalue weighted by atomic mass is 79.9. The van der Waals surface area contributed by atoms with Gasteiger partial charge in [0.2, 0.25) is 0 Å². The van der Waals surface area contributed by atoms with Crippen LogP contribution in [-0.4, -0.2) is 42.5 Å². The minimum absolute atomic E-state index is 0.0306. The van der Waals surface area contributed by atoms with Gasteiger partial charge in [-0.25, -0.2) is 9.78 Å². The van der Waals surface area contributed by atoms with E-state index in [1.807, 2.05) is 20.8 Å². The third kappa shape index (κ3) is 4.14. The van der Waals surface area contributed by atoms with Gasteiger partial charge in [0.15, 0.2) is 5.65 Å². The lowest BCUT2D eigenvalue weighted by Gasteiger charge is -2.31. The van der Waals surface area contributed by atoms with Crippen LogP contribution in [0.3, 0.4) is 0 Å². The monoisotopic (exact) mass is 475 g/mol. The molecular formula is C20H26BrN7O2. The minimum atomic E-state index is -0.520. The number of nitrogens with one attached hydrogen (secondary N) is 2. The Balaban J connectivity index is 1.61. The Bertz CT molecular complexity index is 1060. The summed E-state index contributed by atoms with van der Waals surface area (Å²) in [5.41, 5.74) is 9.20. The smallest absolute Gasteiger partial charge is 0.407 e. The predicted octanol–water partition coefficient (Wildman–Crippen LogP) is 4.02. The zero-order valence-corrected chi connectivity index (χ0v) is 18.9. The minimum Gasteiger partial charge on any atom is -0.444 e. The normalized spacial score (nSPS) is 19.7. The molecule has 30 heavy (non-hydrogen) atoms. The fourth-order valence-corrected chi connectivity index (χ4v) is 4.51. The van der Waals surface area contributed by atoms with Crippen LogP contribution in [0.25, 0.3) is 16.8 Å². The van der Waals surface area contributed by atoms with Crippen molar-refractivity contribution in [3.05, 3.63) is 28.8 Å². The van der Waals surface area contributed by atoms with Gasteiger partial charge >= 0.3 is 6.09 Å². The zero-order valence-electron chi connectivity index (χ0n) is 17.3. The number of aromatic nitrogens is 5. The van der Waals surface area contributed by atoms with Crippen LogP contribution in [0.4, 0.5) is 10.6 Å². The molecule has 10 heteroatoms. The van der Waals surface area contributed by atoms with Crippen molar-refractivity contribution in [1.29, 1.82) is 0 Å². The van der Waals surface area contributed by atoms with Crippen molar-refractivity contribution in [3.63, 3.8) is 0 Å². The molecule has 3 heterocycles. The molecule has 3 aromatic heterocycles. The van der Waals surface area contributed by atoms with E-state index in [0.29, 0.717) is 11.5 Å². The van der Waals surface area contributed by atoms with Crippen LogP contribution in [0.1, 0.15) is 58.1 Å². The number of hydrogen-bond donors (Lipinski definition) is 3. The number of fused-ring (bicyclic) bond motifs is 1. The molecule has 1 saturated carbocycles. The SMILES string of the molecule is CC(C)(C)OC(=O)N[C@@H]1CCC[C@H](c2nc3c(-c4cn[nH]c4)cnn3c(N)c2Br)C1. The maximum atomic E-state index is 12.2. The summed E-state index contributed by atoms with van der Waals surface area (Å²) in [4.78, 5) is 17.1. The van der Waals surface area contributed by atoms with E-state index in [1.54, 1.807) is 23.1 Å². The molecule has 0 aliphatic heterocycles. The predicted molar refractivity (Wildman–Crippen MR) is 117 cm³/mol. The van der Waals surface area contributed by atoms with Crippen LogP contribution < -0.4 is 11.1 Å². The lowest BCUT2D eigenvalue weighted by atomic mass is 9.83. The van der Waals surface area contributed by atoms with E-state index in [0.717, 1.165) is 47.0 Å². The molecule has 1 amide bonds. The molecule has 1 fully saturated rings. The second-order valence-corrected chi connectivity index (χ2v) is 9.48. The van der Waals surface area contributed by atoms with Gasteiger partial charge in [-0.2, -0.15) is 14.7 Å². The van der Waals surface area contributed by atoms with Gasteiger partial charge in [0.25, 0.3) is 0 Å². The Morgan fingerprint density at radius 1 is 1.37 bits per heavy atom. The Morgan fingerprint density at radius 3 is 2.87 bits per heavy atom. The largest absolute Gasteiger partial charge is 0.444 e. The first-order valence-corrected chi connectivity index (χ1v) is 10.8. The Labute approximate surface area is 182 Å². The van der Waals surface area contributed by atoms with E-state index >= 15 is 0 Å². The number of H-pyrrole nitrogens is 1. The molecule has 3 aromatic rings. The van der Waals surface area contributed by atoms with Crippen LogP contribution in [0.15, 0.2) is 23.1 Å². The summed E-state index contributed by atoms with van der Waals surface area (Å²) in [5.74, 6) is 0.666. The molecule has 2 atom stereocenters. The van der Waals surface area contributed by atoms with Crippen molar-refractivity contribution in [3.8, 4) is 11.1 Å². The molecule has 0 bridgehead atoms. The molecule has 4 rings (SSSR count). The third-order valence-electron chi connectivity index (χ3n) is 5.24. The number of halogens is 1.